The lowest BCUT2D eigenvalue weighted by atomic mass is 10.0. The molecule has 0 N–H and O–H groups in total. The fourth-order valence-electron chi connectivity index (χ4n) is 6.14. The van der Waals surface area contributed by atoms with E-state index in [1.165, 1.54) is 193 Å². The van der Waals surface area contributed by atoms with Crippen LogP contribution in [-0.2, 0) is 14.3 Å². The molecular weight excluding hydrogens is 528 g/mol. The van der Waals surface area contributed by atoms with Crippen molar-refractivity contribution in [3.63, 3.8) is 0 Å². The van der Waals surface area contributed by atoms with Crippen molar-refractivity contribution in [1.82, 2.24) is 0 Å². The molecule has 3 nitrogen and oxygen atoms in total. The van der Waals surface area contributed by atoms with E-state index in [4.69, 9.17) is 9.47 Å². The normalized spacial score (nSPS) is 11.4. The second-order valence-electron chi connectivity index (χ2n) is 13.5. The maximum Gasteiger partial charge on any atom is 0.305 e. The SMILES string of the molecule is CCCCCCCCCCCCCCCCCCCCCCOCCOC(=O)CCCCCCCCCCCCCCC. The van der Waals surface area contributed by atoms with Crippen molar-refractivity contribution in [2.24, 2.45) is 0 Å². The molecule has 0 unspecified atom stereocenters. The zero-order valence-electron chi connectivity index (χ0n) is 29.9. The summed E-state index contributed by atoms with van der Waals surface area (Å²) in [6, 6.07) is 0. The first kappa shape index (κ1) is 42.4. The number of unbranched alkanes of at least 4 members (excludes halogenated alkanes) is 31. The molecule has 0 rings (SSSR count). The van der Waals surface area contributed by atoms with Gasteiger partial charge >= 0.3 is 5.97 Å². The summed E-state index contributed by atoms with van der Waals surface area (Å²) in [4.78, 5) is 11.9. The molecule has 0 heterocycles. The summed E-state index contributed by atoms with van der Waals surface area (Å²) < 4.78 is 11.0. The molecular formula is C40H80O3. The van der Waals surface area contributed by atoms with Gasteiger partial charge in [0.05, 0.1) is 6.61 Å². The van der Waals surface area contributed by atoms with Gasteiger partial charge in [0.2, 0.25) is 0 Å². The third kappa shape index (κ3) is 39.4. The molecule has 0 saturated heterocycles. The Balaban J connectivity index is 3.13. The van der Waals surface area contributed by atoms with Crippen LogP contribution in [0.3, 0.4) is 0 Å². The summed E-state index contributed by atoms with van der Waals surface area (Å²) in [6.45, 7) is 6.34. The van der Waals surface area contributed by atoms with Crippen LogP contribution in [0.5, 0.6) is 0 Å². The second kappa shape index (κ2) is 39.5. The van der Waals surface area contributed by atoms with Gasteiger partial charge in [-0.3, -0.25) is 4.79 Å². The van der Waals surface area contributed by atoms with Crippen LogP contribution in [0, 0.1) is 0 Å². The number of carbonyl (C=O) groups is 1. The predicted octanol–water partition coefficient (Wildman–Crippen LogP) is 13.8. The lowest BCUT2D eigenvalue weighted by Gasteiger charge is -2.07. The molecule has 0 bridgehead atoms. The summed E-state index contributed by atoms with van der Waals surface area (Å²) in [5, 5.41) is 0. The van der Waals surface area contributed by atoms with Gasteiger partial charge in [0, 0.05) is 13.0 Å². The van der Waals surface area contributed by atoms with E-state index in [0.717, 1.165) is 25.9 Å². The van der Waals surface area contributed by atoms with Gasteiger partial charge < -0.3 is 9.47 Å². The summed E-state index contributed by atoms with van der Waals surface area (Å²) in [6.07, 6.45) is 46.0. The van der Waals surface area contributed by atoms with Crippen LogP contribution in [-0.4, -0.2) is 25.8 Å². The van der Waals surface area contributed by atoms with Crippen LogP contribution in [0.25, 0.3) is 0 Å². The molecule has 0 aromatic carbocycles. The largest absolute Gasteiger partial charge is 0.463 e. The van der Waals surface area contributed by atoms with Crippen molar-refractivity contribution in [3.8, 4) is 0 Å². The molecule has 0 saturated carbocycles. The van der Waals surface area contributed by atoms with Crippen molar-refractivity contribution >= 4 is 5.97 Å². The van der Waals surface area contributed by atoms with Gasteiger partial charge in [-0.2, -0.15) is 0 Å². The van der Waals surface area contributed by atoms with Crippen molar-refractivity contribution in [3.05, 3.63) is 0 Å². The van der Waals surface area contributed by atoms with Crippen LogP contribution in [0.2, 0.25) is 0 Å². The standard InChI is InChI=1S/C40H80O3/c1-3-5-7-9-11-13-15-17-18-19-20-21-22-23-25-27-29-31-33-35-37-42-38-39-43-40(41)36-34-32-30-28-26-24-16-14-12-10-8-6-4-2/h3-39H2,1-2H3. The van der Waals surface area contributed by atoms with Gasteiger partial charge in [-0.1, -0.05) is 213 Å². The Morgan fingerprint density at radius 1 is 0.326 bits per heavy atom. The number of esters is 1. The molecule has 0 fully saturated rings. The molecule has 0 aromatic heterocycles. The van der Waals surface area contributed by atoms with Gasteiger partial charge in [-0.05, 0) is 12.8 Å². The highest BCUT2D eigenvalue weighted by molar-refractivity contribution is 5.69. The number of carbonyl (C=O) groups excluding carboxylic acids is 1. The van der Waals surface area contributed by atoms with E-state index in [-0.39, 0.29) is 5.97 Å². The van der Waals surface area contributed by atoms with E-state index in [1.807, 2.05) is 0 Å². The number of hydrogen-bond acceptors (Lipinski definition) is 3. The van der Waals surface area contributed by atoms with E-state index in [1.54, 1.807) is 0 Å². The lowest BCUT2D eigenvalue weighted by molar-refractivity contribution is -0.145. The summed E-state index contributed by atoms with van der Waals surface area (Å²) in [7, 11) is 0. The van der Waals surface area contributed by atoms with E-state index < -0.39 is 0 Å². The van der Waals surface area contributed by atoms with Gasteiger partial charge in [0.15, 0.2) is 0 Å². The second-order valence-corrected chi connectivity index (χ2v) is 13.5. The van der Waals surface area contributed by atoms with E-state index in [9.17, 15) is 4.79 Å². The lowest BCUT2D eigenvalue weighted by Crippen LogP contribution is -2.10. The molecule has 0 spiro atoms. The minimum atomic E-state index is -0.0505. The van der Waals surface area contributed by atoms with Crippen LogP contribution in [0.4, 0.5) is 0 Å². The first-order valence-corrected chi connectivity index (χ1v) is 20.0. The highest BCUT2D eigenvalue weighted by Gasteiger charge is 2.03. The maximum absolute atomic E-state index is 11.9. The molecule has 0 aromatic rings. The molecule has 258 valence electrons. The van der Waals surface area contributed by atoms with Gasteiger partial charge in [0.25, 0.3) is 0 Å². The molecule has 43 heavy (non-hydrogen) atoms. The van der Waals surface area contributed by atoms with Gasteiger partial charge in [-0.25, -0.2) is 0 Å². The first-order chi connectivity index (χ1) is 21.3. The number of ether oxygens (including phenoxy) is 2. The number of hydrogen-bond donors (Lipinski definition) is 0. The maximum atomic E-state index is 11.9. The Morgan fingerprint density at radius 2 is 0.605 bits per heavy atom. The van der Waals surface area contributed by atoms with Crippen LogP contribution >= 0.6 is 0 Å². The van der Waals surface area contributed by atoms with Crippen molar-refractivity contribution < 1.29 is 14.3 Å². The molecule has 0 aliphatic carbocycles. The van der Waals surface area contributed by atoms with E-state index in [0.29, 0.717) is 19.6 Å². The Hall–Kier alpha value is -0.570. The molecule has 3 heteroatoms. The van der Waals surface area contributed by atoms with Crippen molar-refractivity contribution in [2.75, 3.05) is 19.8 Å². The van der Waals surface area contributed by atoms with E-state index >= 15 is 0 Å². The zero-order valence-corrected chi connectivity index (χ0v) is 29.9. The molecule has 0 amide bonds. The average molecular weight is 609 g/mol. The third-order valence-electron chi connectivity index (χ3n) is 9.12. The summed E-state index contributed by atoms with van der Waals surface area (Å²) >= 11 is 0. The van der Waals surface area contributed by atoms with Crippen LogP contribution < -0.4 is 0 Å². The topological polar surface area (TPSA) is 35.5 Å². The highest BCUT2D eigenvalue weighted by atomic mass is 16.6. The average Bonchev–Trinajstić information content (AvgIpc) is 3.01. The monoisotopic (exact) mass is 609 g/mol. The quantitative estimate of drug-likeness (QED) is 0.0516. The fourth-order valence-corrected chi connectivity index (χ4v) is 6.14. The summed E-state index contributed by atoms with van der Waals surface area (Å²) in [5.41, 5.74) is 0. The zero-order chi connectivity index (χ0) is 31.2. The predicted molar refractivity (Wildman–Crippen MR) is 190 cm³/mol. The first-order valence-electron chi connectivity index (χ1n) is 20.0. The minimum absolute atomic E-state index is 0.0505. The van der Waals surface area contributed by atoms with E-state index in [2.05, 4.69) is 13.8 Å². The molecule has 0 atom stereocenters. The highest BCUT2D eigenvalue weighted by Crippen LogP contribution is 2.15. The van der Waals surface area contributed by atoms with Gasteiger partial charge in [-0.15, -0.1) is 0 Å². The Bertz CT molecular complexity index is 506. The van der Waals surface area contributed by atoms with Gasteiger partial charge in [0.1, 0.15) is 6.61 Å². The minimum Gasteiger partial charge on any atom is -0.463 e. The molecule has 0 aliphatic rings. The Morgan fingerprint density at radius 3 is 0.930 bits per heavy atom. The smallest absolute Gasteiger partial charge is 0.305 e. The third-order valence-corrected chi connectivity index (χ3v) is 9.12. The number of rotatable bonds is 38. The Labute approximate surface area is 271 Å². The fraction of sp³-hybridized carbons (Fsp3) is 0.975. The van der Waals surface area contributed by atoms with Crippen molar-refractivity contribution in [2.45, 2.75) is 232 Å². The van der Waals surface area contributed by atoms with Crippen molar-refractivity contribution in [1.29, 1.82) is 0 Å². The van der Waals surface area contributed by atoms with Crippen LogP contribution in [0.1, 0.15) is 232 Å². The molecule has 0 radical (unpaired) electrons. The summed E-state index contributed by atoms with van der Waals surface area (Å²) in [5.74, 6) is -0.0505. The van der Waals surface area contributed by atoms with Crippen LogP contribution in [0.15, 0.2) is 0 Å². The Kier molecular flexibility index (Phi) is 38.9. The molecule has 0 aliphatic heterocycles.